The molecule has 1 aromatic rings. The Labute approximate surface area is 111 Å². The standard InChI is InChI=1S/C13H17N3O3/c14-10-7-9(16(17)18)3-4-11(10)15-12-5-6-19-13(12)8-1-2-8/h3-4,7-8,12-13,15H,1-2,5-6,14H2. The maximum atomic E-state index is 10.7. The number of hydrogen-bond acceptors (Lipinski definition) is 5. The number of ether oxygens (including phenoxy) is 1. The van der Waals surface area contributed by atoms with Crippen LogP contribution in [0.1, 0.15) is 19.3 Å². The molecule has 1 saturated carbocycles. The molecule has 0 amide bonds. The summed E-state index contributed by atoms with van der Waals surface area (Å²) in [5.41, 5.74) is 7.05. The number of nitro groups is 1. The van der Waals surface area contributed by atoms with Crippen molar-refractivity contribution in [3.63, 3.8) is 0 Å². The van der Waals surface area contributed by atoms with Gasteiger partial charge in [-0.15, -0.1) is 0 Å². The Morgan fingerprint density at radius 1 is 1.37 bits per heavy atom. The Hall–Kier alpha value is -1.82. The van der Waals surface area contributed by atoms with Gasteiger partial charge in [-0.1, -0.05) is 0 Å². The summed E-state index contributed by atoms with van der Waals surface area (Å²) in [6, 6.07) is 4.80. The SMILES string of the molecule is Nc1cc([N+](=O)[O-])ccc1NC1CCOC1C1CC1. The van der Waals surface area contributed by atoms with Crippen LogP contribution in [0.4, 0.5) is 17.1 Å². The molecule has 1 aliphatic carbocycles. The second-order valence-corrected chi connectivity index (χ2v) is 5.24. The number of nitrogens with two attached hydrogens (primary N) is 1. The van der Waals surface area contributed by atoms with Crippen LogP contribution in [0.25, 0.3) is 0 Å². The van der Waals surface area contributed by atoms with E-state index >= 15 is 0 Å². The van der Waals surface area contributed by atoms with Crippen LogP contribution in [0.5, 0.6) is 0 Å². The molecule has 0 spiro atoms. The number of rotatable bonds is 4. The monoisotopic (exact) mass is 263 g/mol. The molecule has 19 heavy (non-hydrogen) atoms. The smallest absolute Gasteiger partial charge is 0.271 e. The average Bonchev–Trinajstić information content (AvgIpc) is 3.12. The van der Waals surface area contributed by atoms with Crippen molar-refractivity contribution in [2.45, 2.75) is 31.4 Å². The third-order valence-corrected chi connectivity index (χ3v) is 3.81. The van der Waals surface area contributed by atoms with Crippen molar-refractivity contribution in [1.82, 2.24) is 0 Å². The Morgan fingerprint density at radius 3 is 2.79 bits per heavy atom. The quantitative estimate of drug-likeness (QED) is 0.493. The van der Waals surface area contributed by atoms with Gasteiger partial charge < -0.3 is 15.8 Å². The van der Waals surface area contributed by atoms with Crippen LogP contribution >= 0.6 is 0 Å². The maximum Gasteiger partial charge on any atom is 0.271 e. The minimum Gasteiger partial charge on any atom is -0.397 e. The first-order valence-electron chi connectivity index (χ1n) is 6.57. The highest BCUT2D eigenvalue weighted by molar-refractivity contribution is 5.69. The summed E-state index contributed by atoms with van der Waals surface area (Å²) in [5, 5.41) is 14.0. The predicted molar refractivity (Wildman–Crippen MR) is 72.0 cm³/mol. The summed E-state index contributed by atoms with van der Waals surface area (Å²) in [5.74, 6) is 0.666. The zero-order valence-corrected chi connectivity index (χ0v) is 10.5. The molecule has 0 aromatic heterocycles. The van der Waals surface area contributed by atoms with Crippen LogP contribution < -0.4 is 11.1 Å². The van der Waals surface area contributed by atoms with E-state index in [1.807, 2.05) is 0 Å². The topological polar surface area (TPSA) is 90.4 Å². The summed E-state index contributed by atoms with van der Waals surface area (Å²) in [6.45, 7) is 0.770. The molecule has 2 atom stereocenters. The van der Waals surface area contributed by atoms with E-state index in [1.54, 1.807) is 6.07 Å². The molecule has 2 aliphatic rings. The number of nitrogens with one attached hydrogen (secondary N) is 1. The van der Waals surface area contributed by atoms with E-state index in [2.05, 4.69) is 5.32 Å². The van der Waals surface area contributed by atoms with E-state index in [4.69, 9.17) is 10.5 Å². The van der Waals surface area contributed by atoms with Gasteiger partial charge in [0, 0.05) is 18.7 Å². The summed E-state index contributed by atoms with van der Waals surface area (Å²) in [6.07, 6.45) is 3.68. The molecule has 0 bridgehead atoms. The van der Waals surface area contributed by atoms with Crippen LogP contribution in [-0.4, -0.2) is 23.7 Å². The van der Waals surface area contributed by atoms with E-state index in [1.165, 1.54) is 25.0 Å². The Balaban J connectivity index is 1.73. The van der Waals surface area contributed by atoms with E-state index in [9.17, 15) is 10.1 Å². The van der Waals surface area contributed by atoms with Crippen LogP contribution in [0, 0.1) is 16.0 Å². The third kappa shape index (κ3) is 2.49. The van der Waals surface area contributed by atoms with Crippen LogP contribution in [-0.2, 0) is 4.74 Å². The van der Waals surface area contributed by atoms with Crippen molar-refractivity contribution in [3.05, 3.63) is 28.3 Å². The van der Waals surface area contributed by atoms with Gasteiger partial charge in [-0.2, -0.15) is 0 Å². The lowest BCUT2D eigenvalue weighted by atomic mass is 10.1. The third-order valence-electron chi connectivity index (χ3n) is 3.81. The second-order valence-electron chi connectivity index (χ2n) is 5.24. The number of nitro benzene ring substituents is 1. The van der Waals surface area contributed by atoms with Gasteiger partial charge in [0.1, 0.15) is 0 Å². The Kier molecular flexibility index (Phi) is 3.02. The molecule has 6 nitrogen and oxygen atoms in total. The van der Waals surface area contributed by atoms with Gasteiger partial charge in [-0.3, -0.25) is 10.1 Å². The highest BCUT2D eigenvalue weighted by Gasteiger charge is 2.40. The zero-order chi connectivity index (χ0) is 13.4. The lowest BCUT2D eigenvalue weighted by Gasteiger charge is -2.21. The van der Waals surface area contributed by atoms with Gasteiger partial charge in [0.05, 0.1) is 28.4 Å². The number of nitrogens with zero attached hydrogens (tertiary/aromatic N) is 1. The van der Waals surface area contributed by atoms with Gasteiger partial charge in [0.2, 0.25) is 0 Å². The molecule has 2 fully saturated rings. The van der Waals surface area contributed by atoms with Crippen molar-refractivity contribution in [2.24, 2.45) is 5.92 Å². The van der Waals surface area contributed by atoms with Crippen molar-refractivity contribution in [1.29, 1.82) is 0 Å². The van der Waals surface area contributed by atoms with Crippen molar-refractivity contribution < 1.29 is 9.66 Å². The summed E-state index contributed by atoms with van der Waals surface area (Å²) < 4.78 is 5.75. The fourth-order valence-corrected chi connectivity index (χ4v) is 2.65. The second kappa shape index (κ2) is 4.70. The molecule has 3 N–H and O–H groups in total. The first kappa shape index (κ1) is 12.2. The molecule has 1 aromatic carbocycles. The minimum absolute atomic E-state index is 0.0180. The molecule has 1 aliphatic heterocycles. The number of hydrogen-bond donors (Lipinski definition) is 2. The normalized spacial score (nSPS) is 26.3. The fourth-order valence-electron chi connectivity index (χ4n) is 2.65. The van der Waals surface area contributed by atoms with Crippen molar-refractivity contribution in [2.75, 3.05) is 17.7 Å². The van der Waals surface area contributed by atoms with Crippen molar-refractivity contribution in [3.8, 4) is 0 Å². The number of anilines is 2. The van der Waals surface area contributed by atoms with E-state index in [0.29, 0.717) is 11.6 Å². The number of benzene rings is 1. The predicted octanol–water partition coefficient (Wildman–Crippen LogP) is 2.16. The summed E-state index contributed by atoms with van der Waals surface area (Å²) >= 11 is 0. The first-order valence-corrected chi connectivity index (χ1v) is 6.57. The average molecular weight is 263 g/mol. The molecule has 102 valence electrons. The maximum absolute atomic E-state index is 10.7. The first-order chi connectivity index (χ1) is 9.15. The lowest BCUT2D eigenvalue weighted by molar-refractivity contribution is -0.384. The van der Waals surface area contributed by atoms with Gasteiger partial charge in [-0.25, -0.2) is 0 Å². The van der Waals surface area contributed by atoms with Gasteiger partial charge in [-0.05, 0) is 31.2 Å². The molecule has 3 rings (SSSR count). The van der Waals surface area contributed by atoms with Gasteiger partial charge in [0.25, 0.3) is 5.69 Å². The largest absolute Gasteiger partial charge is 0.397 e. The van der Waals surface area contributed by atoms with Crippen LogP contribution in [0.3, 0.4) is 0 Å². The molecular weight excluding hydrogens is 246 g/mol. The minimum atomic E-state index is -0.439. The highest BCUT2D eigenvalue weighted by atomic mass is 16.6. The lowest BCUT2D eigenvalue weighted by Crippen LogP contribution is -2.31. The molecule has 1 saturated heterocycles. The molecular formula is C13H17N3O3. The van der Waals surface area contributed by atoms with Crippen LogP contribution in [0.2, 0.25) is 0 Å². The summed E-state index contributed by atoms with van der Waals surface area (Å²) in [4.78, 5) is 10.2. The highest BCUT2D eigenvalue weighted by Crippen LogP contribution is 2.40. The van der Waals surface area contributed by atoms with E-state index in [-0.39, 0.29) is 17.8 Å². The van der Waals surface area contributed by atoms with Gasteiger partial charge in [0.15, 0.2) is 0 Å². The Bertz CT molecular complexity index is 502. The van der Waals surface area contributed by atoms with Crippen molar-refractivity contribution >= 4 is 17.1 Å². The van der Waals surface area contributed by atoms with E-state index in [0.717, 1.165) is 18.7 Å². The molecule has 0 radical (unpaired) electrons. The molecule has 6 heteroatoms. The van der Waals surface area contributed by atoms with E-state index < -0.39 is 4.92 Å². The molecule has 2 unspecified atom stereocenters. The fraction of sp³-hybridized carbons (Fsp3) is 0.538. The Morgan fingerprint density at radius 2 is 2.16 bits per heavy atom. The van der Waals surface area contributed by atoms with Gasteiger partial charge >= 0.3 is 0 Å². The number of non-ortho nitro benzene ring substituents is 1. The number of nitrogen functional groups attached to an aromatic ring is 1. The molecule has 1 heterocycles. The zero-order valence-electron chi connectivity index (χ0n) is 10.5. The van der Waals surface area contributed by atoms with Crippen LogP contribution in [0.15, 0.2) is 18.2 Å². The summed E-state index contributed by atoms with van der Waals surface area (Å²) in [7, 11) is 0.